The first kappa shape index (κ1) is 20.9. The number of hydrogen-bond acceptors (Lipinski definition) is 6. The van der Waals surface area contributed by atoms with Crippen molar-refractivity contribution >= 4 is 18.2 Å². The summed E-state index contributed by atoms with van der Waals surface area (Å²) in [7, 11) is 0. The van der Waals surface area contributed by atoms with Crippen molar-refractivity contribution in [3.05, 3.63) is 54.1 Å². The van der Waals surface area contributed by atoms with Gasteiger partial charge in [-0.1, -0.05) is 6.07 Å². The molecule has 1 unspecified atom stereocenters. The molecule has 10 heteroatoms. The second-order valence-corrected chi connectivity index (χ2v) is 6.52. The molecule has 0 spiro atoms. The Kier molecular flexibility index (Phi) is 6.68. The molecule has 0 bridgehead atoms. The molecule has 0 fully saturated rings. The van der Waals surface area contributed by atoms with Crippen molar-refractivity contribution in [2.24, 2.45) is 0 Å². The maximum atomic E-state index is 13.4. The molecule has 0 radical (unpaired) electrons. The lowest BCUT2D eigenvalue weighted by molar-refractivity contribution is -0.105. The summed E-state index contributed by atoms with van der Waals surface area (Å²) >= 11 is 0. The Morgan fingerprint density at radius 1 is 1.37 bits per heavy atom. The molecule has 2 aromatic heterocycles. The number of nitrogens with one attached hydrogen (secondary N) is 1. The number of carbonyl (C=O) groups is 2. The molecule has 9 nitrogen and oxygen atoms in total. The van der Waals surface area contributed by atoms with Gasteiger partial charge in [0.25, 0.3) is 0 Å². The number of benzene rings is 1. The van der Waals surface area contributed by atoms with Gasteiger partial charge < -0.3 is 19.7 Å². The summed E-state index contributed by atoms with van der Waals surface area (Å²) in [5, 5.41) is 19.7. The SMILES string of the molecule is CC(CCCOc1cc(F)ccc1C(=O)O)n1cnnc1-c1cccc(NC=O)n1. The molecule has 2 N–H and O–H groups in total. The number of aromatic nitrogens is 4. The van der Waals surface area contributed by atoms with Gasteiger partial charge in [0.1, 0.15) is 35.0 Å². The van der Waals surface area contributed by atoms with Crippen molar-refractivity contribution in [3.63, 3.8) is 0 Å². The number of rotatable bonds is 10. The maximum Gasteiger partial charge on any atom is 0.339 e. The number of carboxylic acid groups (broad SMARTS) is 1. The monoisotopic (exact) mass is 413 g/mol. The lowest BCUT2D eigenvalue weighted by Gasteiger charge is -2.16. The van der Waals surface area contributed by atoms with Crippen LogP contribution in [0.3, 0.4) is 0 Å². The number of carboxylic acids is 1. The molecular formula is C20H20FN5O4. The Balaban J connectivity index is 1.62. The van der Waals surface area contributed by atoms with Crippen LogP contribution in [0, 0.1) is 5.82 Å². The van der Waals surface area contributed by atoms with E-state index in [-0.39, 0.29) is 24.0 Å². The van der Waals surface area contributed by atoms with Gasteiger partial charge in [-0.05, 0) is 44.0 Å². The molecule has 0 aliphatic heterocycles. The van der Waals surface area contributed by atoms with E-state index in [4.69, 9.17) is 9.84 Å². The Morgan fingerprint density at radius 3 is 2.97 bits per heavy atom. The van der Waals surface area contributed by atoms with Crippen molar-refractivity contribution in [3.8, 4) is 17.3 Å². The van der Waals surface area contributed by atoms with E-state index in [0.717, 1.165) is 12.1 Å². The normalized spacial score (nSPS) is 11.7. The van der Waals surface area contributed by atoms with Crippen LogP contribution in [0.5, 0.6) is 5.75 Å². The minimum Gasteiger partial charge on any atom is -0.493 e. The molecule has 0 aliphatic rings. The van der Waals surface area contributed by atoms with Crippen LogP contribution < -0.4 is 10.1 Å². The highest BCUT2D eigenvalue weighted by molar-refractivity contribution is 5.90. The van der Waals surface area contributed by atoms with Gasteiger partial charge in [-0.3, -0.25) is 4.79 Å². The number of anilines is 1. The second kappa shape index (κ2) is 9.59. The Morgan fingerprint density at radius 2 is 2.20 bits per heavy atom. The largest absolute Gasteiger partial charge is 0.493 e. The molecule has 3 rings (SSSR count). The molecule has 156 valence electrons. The summed E-state index contributed by atoms with van der Waals surface area (Å²) in [5.41, 5.74) is 0.480. The van der Waals surface area contributed by atoms with Crippen molar-refractivity contribution < 1.29 is 23.8 Å². The van der Waals surface area contributed by atoms with Gasteiger partial charge in [0.15, 0.2) is 5.82 Å². The molecule has 2 heterocycles. The van der Waals surface area contributed by atoms with Crippen LogP contribution in [-0.4, -0.2) is 43.8 Å². The molecule has 1 amide bonds. The highest BCUT2D eigenvalue weighted by atomic mass is 19.1. The lowest BCUT2D eigenvalue weighted by atomic mass is 10.1. The van der Waals surface area contributed by atoms with E-state index < -0.39 is 11.8 Å². The van der Waals surface area contributed by atoms with Crippen LogP contribution in [0.25, 0.3) is 11.5 Å². The number of carbonyl (C=O) groups excluding carboxylic acids is 1. The molecular weight excluding hydrogens is 393 g/mol. The molecule has 1 atom stereocenters. The number of ether oxygens (including phenoxy) is 1. The van der Waals surface area contributed by atoms with Crippen molar-refractivity contribution in [1.29, 1.82) is 0 Å². The number of halogens is 1. The minimum absolute atomic E-state index is 0.00355. The topological polar surface area (TPSA) is 119 Å². The smallest absolute Gasteiger partial charge is 0.339 e. The number of pyridine rings is 1. The van der Waals surface area contributed by atoms with Gasteiger partial charge in [-0.2, -0.15) is 0 Å². The van der Waals surface area contributed by atoms with E-state index in [1.54, 1.807) is 24.5 Å². The van der Waals surface area contributed by atoms with Crippen molar-refractivity contribution in [2.45, 2.75) is 25.8 Å². The summed E-state index contributed by atoms with van der Waals surface area (Å²) in [6.45, 7) is 2.20. The fourth-order valence-corrected chi connectivity index (χ4v) is 2.94. The number of hydrogen-bond donors (Lipinski definition) is 2. The van der Waals surface area contributed by atoms with Gasteiger partial charge in [-0.25, -0.2) is 14.2 Å². The third-order valence-electron chi connectivity index (χ3n) is 4.43. The summed E-state index contributed by atoms with van der Waals surface area (Å²) in [6, 6.07) is 8.51. The predicted octanol–water partition coefficient (Wildman–Crippen LogP) is 3.17. The van der Waals surface area contributed by atoms with Crippen LogP contribution in [0.2, 0.25) is 0 Å². The first-order chi connectivity index (χ1) is 14.5. The highest BCUT2D eigenvalue weighted by Crippen LogP contribution is 2.24. The standard InChI is InChI=1S/C20H20FN5O4/c1-13(4-3-9-30-17-10-14(21)7-8-15(17)20(28)29)26-11-23-25-19(26)16-5-2-6-18(24-16)22-12-27/h2,5-8,10-13H,3-4,9H2,1H3,(H,28,29)(H,22,24,27). The van der Waals surface area contributed by atoms with Crippen LogP contribution >= 0.6 is 0 Å². The molecule has 0 saturated carbocycles. The summed E-state index contributed by atoms with van der Waals surface area (Å²) in [4.78, 5) is 26.2. The molecule has 1 aromatic carbocycles. The summed E-state index contributed by atoms with van der Waals surface area (Å²) in [5.74, 6) is -0.773. The third kappa shape index (κ3) is 4.96. The average molecular weight is 413 g/mol. The first-order valence-electron chi connectivity index (χ1n) is 9.22. The van der Waals surface area contributed by atoms with Crippen LogP contribution in [-0.2, 0) is 4.79 Å². The number of nitrogens with zero attached hydrogens (tertiary/aromatic N) is 4. The van der Waals surface area contributed by atoms with Crippen LogP contribution in [0.15, 0.2) is 42.7 Å². The Hall–Kier alpha value is -3.82. The lowest BCUT2D eigenvalue weighted by Crippen LogP contribution is -2.10. The van der Waals surface area contributed by atoms with Gasteiger partial charge in [0.05, 0.1) is 6.61 Å². The van der Waals surface area contributed by atoms with Crippen molar-refractivity contribution in [1.82, 2.24) is 19.7 Å². The van der Waals surface area contributed by atoms with Crippen molar-refractivity contribution in [2.75, 3.05) is 11.9 Å². The summed E-state index contributed by atoms with van der Waals surface area (Å²) < 4.78 is 20.7. The van der Waals surface area contributed by atoms with E-state index >= 15 is 0 Å². The van der Waals surface area contributed by atoms with Gasteiger partial charge in [0, 0.05) is 12.1 Å². The first-order valence-corrected chi connectivity index (χ1v) is 9.22. The predicted molar refractivity (Wildman–Crippen MR) is 106 cm³/mol. The molecule has 30 heavy (non-hydrogen) atoms. The molecule has 0 saturated heterocycles. The van der Waals surface area contributed by atoms with E-state index in [1.165, 1.54) is 6.07 Å². The fourth-order valence-electron chi connectivity index (χ4n) is 2.94. The molecule has 3 aromatic rings. The third-order valence-corrected chi connectivity index (χ3v) is 4.43. The van der Waals surface area contributed by atoms with Gasteiger partial charge in [0.2, 0.25) is 6.41 Å². The minimum atomic E-state index is -1.17. The molecule has 0 aliphatic carbocycles. The zero-order valence-electron chi connectivity index (χ0n) is 16.2. The van der Waals surface area contributed by atoms with E-state index in [0.29, 0.717) is 36.6 Å². The number of aromatic carboxylic acids is 1. The number of amides is 1. The highest BCUT2D eigenvalue weighted by Gasteiger charge is 2.15. The summed E-state index contributed by atoms with van der Waals surface area (Å²) in [6.07, 6.45) is 3.41. The maximum absolute atomic E-state index is 13.4. The van der Waals surface area contributed by atoms with Gasteiger partial charge >= 0.3 is 5.97 Å². The zero-order valence-corrected chi connectivity index (χ0v) is 16.2. The quantitative estimate of drug-likeness (QED) is 0.387. The van der Waals surface area contributed by atoms with E-state index in [1.807, 2.05) is 11.5 Å². The average Bonchev–Trinajstić information content (AvgIpc) is 3.21. The second-order valence-electron chi connectivity index (χ2n) is 6.52. The van der Waals surface area contributed by atoms with Gasteiger partial charge in [-0.15, -0.1) is 10.2 Å². The van der Waals surface area contributed by atoms with E-state index in [2.05, 4.69) is 20.5 Å². The Labute approximate surface area is 171 Å². The zero-order chi connectivity index (χ0) is 21.5. The van der Waals surface area contributed by atoms with Crippen LogP contribution in [0.4, 0.5) is 10.2 Å². The fraction of sp³-hybridized carbons (Fsp3) is 0.250. The Bertz CT molecular complexity index is 1040. The van der Waals surface area contributed by atoms with Crippen LogP contribution in [0.1, 0.15) is 36.2 Å². The van der Waals surface area contributed by atoms with E-state index in [9.17, 15) is 14.0 Å².